The van der Waals surface area contributed by atoms with Gasteiger partial charge in [0.05, 0.1) is 11.0 Å². The van der Waals surface area contributed by atoms with Gasteiger partial charge in [0.15, 0.2) is 0 Å². The molecule has 1 aliphatic heterocycles. The molecule has 0 spiro atoms. The van der Waals surface area contributed by atoms with E-state index in [1.165, 1.54) is 6.42 Å². The molecule has 1 saturated heterocycles. The number of amides is 1. The van der Waals surface area contributed by atoms with Crippen molar-refractivity contribution in [1.29, 1.82) is 0 Å². The van der Waals surface area contributed by atoms with Crippen LogP contribution >= 0.6 is 0 Å². The second-order valence-corrected chi connectivity index (χ2v) is 6.55. The van der Waals surface area contributed by atoms with Crippen LogP contribution in [0.1, 0.15) is 23.2 Å². The first-order valence-corrected chi connectivity index (χ1v) is 8.83. The van der Waals surface area contributed by atoms with E-state index in [9.17, 15) is 4.79 Å². The van der Waals surface area contributed by atoms with Gasteiger partial charge in [0, 0.05) is 17.8 Å². The Labute approximate surface area is 147 Å². The zero-order valence-electron chi connectivity index (χ0n) is 14.1. The van der Waals surface area contributed by atoms with Crippen molar-refractivity contribution in [2.24, 2.45) is 5.92 Å². The van der Waals surface area contributed by atoms with Gasteiger partial charge in [0.25, 0.3) is 5.91 Å². The molecule has 1 unspecified atom stereocenters. The highest BCUT2D eigenvalue weighted by atomic mass is 16.1. The van der Waals surface area contributed by atoms with Gasteiger partial charge in [-0.3, -0.25) is 9.36 Å². The molecule has 1 aliphatic rings. The Morgan fingerprint density at radius 2 is 2.04 bits per heavy atom. The minimum Gasteiger partial charge on any atom is -0.352 e. The number of rotatable bonds is 5. The molecule has 2 N–H and O–H groups in total. The van der Waals surface area contributed by atoms with E-state index in [4.69, 9.17) is 0 Å². The van der Waals surface area contributed by atoms with E-state index in [2.05, 4.69) is 15.6 Å². The highest BCUT2D eigenvalue weighted by Gasteiger charge is 2.14. The van der Waals surface area contributed by atoms with Gasteiger partial charge in [-0.1, -0.05) is 12.1 Å². The van der Waals surface area contributed by atoms with Crippen LogP contribution < -0.4 is 10.6 Å². The van der Waals surface area contributed by atoms with Crippen LogP contribution in [0.25, 0.3) is 16.7 Å². The SMILES string of the molecule is O=C(NCCC1CCNC1)c1ccc(-n2cnc3ccccc32)cc1. The number of nitrogens with one attached hydrogen (secondary N) is 2. The highest BCUT2D eigenvalue weighted by molar-refractivity contribution is 5.94. The molecule has 1 aromatic heterocycles. The van der Waals surface area contributed by atoms with E-state index >= 15 is 0 Å². The fourth-order valence-electron chi connectivity index (χ4n) is 3.39. The van der Waals surface area contributed by atoms with Crippen LogP contribution in [-0.4, -0.2) is 35.1 Å². The summed E-state index contributed by atoms with van der Waals surface area (Å²) in [5, 5.41) is 6.38. The molecule has 2 heterocycles. The normalized spacial score (nSPS) is 17.0. The maximum absolute atomic E-state index is 12.3. The summed E-state index contributed by atoms with van der Waals surface area (Å²) in [4.78, 5) is 16.7. The Kier molecular flexibility index (Phi) is 4.48. The Morgan fingerprint density at radius 3 is 2.84 bits per heavy atom. The molecule has 2 aromatic carbocycles. The van der Waals surface area contributed by atoms with Crippen molar-refractivity contribution in [3.05, 3.63) is 60.4 Å². The number of carbonyl (C=O) groups excluding carboxylic acids is 1. The van der Waals surface area contributed by atoms with E-state index in [0.717, 1.165) is 42.8 Å². The number of imidazole rings is 1. The topological polar surface area (TPSA) is 59.0 Å². The number of aromatic nitrogens is 2. The second kappa shape index (κ2) is 7.07. The Morgan fingerprint density at radius 1 is 1.20 bits per heavy atom. The summed E-state index contributed by atoms with van der Waals surface area (Å²) in [6.07, 6.45) is 4.07. The van der Waals surface area contributed by atoms with Crippen molar-refractivity contribution in [1.82, 2.24) is 20.2 Å². The number of fused-ring (bicyclic) bond motifs is 1. The van der Waals surface area contributed by atoms with Crippen LogP contribution in [0, 0.1) is 5.92 Å². The molecule has 0 aliphatic carbocycles. The standard InChI is InChI=1S/C20H22N4O/c25-20(22-12-10-15-9-11-21-13-15)16-5-7-17(8-6-16)24-14-23-18-3-1-2-4-19(18)24/h1-8,14-15,21H,9-13H2,(H,22,25). The lowest BCUT2D eigenvalue weighted by Gasteiger charge is -2.10. The molecule has 25 heavy (non-hydrogen) atoms. The first-order valence-electron chi connectivity index (χ1n) is 8.83. The van der Waals surface area contributed by atoms with Crippen molar-refractivity contribution >= 4 is 16.9 Å². The summed E-state index contributed by atoms with van der Waals surface area (Å²) in [6.45, 7) is 2.91. The predicted octanol–water partition coefficient (Wildman–Crippen LogP) is 2.75. The molecule has 0 saturated carbocycles. The van der Waals surface area contributed by atoms with Crippen LogP contribution in [0.3, 0.4) is 0 Å². The Balaban J connectivity index is 1.41. The summed E-state index contributed by atoms with van der Waals surface area (Å²) in [6, 6.07) is 15.7. The number of hydrogen-bond donors (Lipinski definition) is 2. The summed E-state index contributed by atoms with van der Waals surface area (Å²) in [5.74, 6) is 0.685. The van der Waals surface area contributed by atoms with Gasteiger partial charge in [-0.15, -0.1) is 0 Å². The minimum absolute atomic E-state index is 0.00649. The van der Waals surface area contributed by atoms with E-state index in [1.807, 2.05) is 59.4 Å². The van der Waals surface area contributed by atoms with Crippen molar-refractivity contribution < 1.29 is 4.79 Å². The zero-order valence-corrected chi connectivity index (χ0v) is 14.1. The molecule has 1 amide bonds. The maximum Gasteiger partial charge on any atom is 0.251 e. The monoisotopic (exact) mass is 334 g/mol. The van der Waals surface area contributed by atoms with Crippen molar-refractivity contribution in [3.63, 3.8) is 0 Å². The van der Waals surface area contributed by atoms with Gasteiger partial charge in [-0.25, -0.2) is 4.98 Å². The van der Waals surface area contributed by atoms with Crippen LogP contribution in [0.15, 0.2) is 54.9 Å². The molecule has 1 fully saturated rings. The maximum atomic E-state index is 12.3. The first kappa shape index (κ1) is 15.8. The third kappa shape index (κ3) is 3.42. The van der Waals surface area contributed by atoms with E-state index < -0.39 is 0 Å². The van der Waals surface area contributed by atoms with Crippen molar-refractivity contribution in [2.75, 3.05) is 19.6 Å². The molecule has 0 radical (unpaired) electrons. The summed E-state index contributed by atoms with van der Waals surface area (Å²) in [5.41, 5.74) is 3.72. The molecule has 5 nitrogen and oxygen atoms in total. The smallest absolute Gasteiger partial charge is 0.251 e. The minimum atomic E-state index is -0.00649. The van der Waals surface area contributed by atoms with Gasteiger partial charge < -0.3 is 10.6 Å². The largest absolute Gasteiger partial charge is 0.352 e. The fraction of sp³-hybridized carbons (Fsp3) is 0.300. The van der Waals surface area contributed by atoms with Crippen LogP contribution in [0.4, 0.5) is 0 Å². The van der Waals surface area contributed by atoms with Crippen molar-refractivity contribution in [2.45, 2.75) is 12.8 Å². The van der Waals surface area contributed by atoms with Gasteiger partial charge in [-0.05, 0) is 68.2 Å². The van der Waals surface area contributed by atoms with E-state index in [-0.39, 0.29) is 5.91 Å². The predicted molar refractivity (Wildman–Crippen MR) is 99.0 cm³/mol. The molecule has 0 bridgehead atoms. The van der Waals surface area contributed by atoms with Gasteiger partial charge in [0.2, 0.25) is 0 Å². The van der Waals surface area contributed by atoms with E-state index in [0.29, 0.717) is 11.5 Å². The van der Waals surface area contributed by atoms with Crippen LogP contribution in [-0.2, 0) is 0 Å². The summed E-state index contributed by atoms with van der Waals surface area (Å²) >= 11 is 0. The average Bonchev–Trinajstić information content (AvgIpc) is 3.31. The third-order valence-electron chi connectivity index (χ3n) is 4.86. The number of para-hydroxylation sites is 2. The molecular weight excluding hydrogens is 312 g/mol. The highest BCUT2D eigenvalue weighted by Crippen LogP contribution is 2.18. The molecule has 1 atom stereocenters. The third-order valence-corrected chi connectivity index (χ3v) is 4.86. The number of carbonyl (C=O) groups is 1. The number of hydrogen-bond acceptors (Lipinski definition) is 3. The lowest BCUT2D eigenvalue weighted by Crippen LogP contribution is -2.26. The van der Waals surface area contributed by atoms with Gasteiger partial charge in [-0.2, -0.15) is 0 Å². The summed E-state index contributed by atoms with van der Waals surface area (Å²) in [7, 11) is 0. The van der Waals surface area contributed by atoms with E-state index in [1.54, 1.807) is 0 Å². The van der Waals surface area contributed by atoms with Crippen molar-refractivity contribution in [3.8, 4) is 5.69 Å². The van der Waals surface area contributed by atoms with Crippen LogP contribution in [0.2, 0.25) is 0 Å². The lowest BCUT2D eigenvalue weighted by molar-refractivity contribution is 0.0951. The molecule has 4 rings (SSSR count). The number of nitrogens with zero attached hydrogens (tertiary/aromatic N) is 2. The fourth-order valence-corrected chi connectivity index (χ4v) is 3.39. The van der Waals surface area contributed by atoms with Crippen LogP contribution in [0.5, 0.6) is 0 Å². The lowest BCUT2D eigenvalue weighted by atomic mass is 10.1. The molecular formula is C20H22N4O. The van der Waals surface area contributed by atoms with Gasteiger partial charge in [0.1, 0.15) is 6.33 Å². The summed E-state index contributed by atoms with van der Waals surface area (Å²) < 4.78 is 2.03. The zero-order chi connectivity index (χ0) is 17.1. The average molecular weight is 334 g/mol. The molecule has 3 aromatic rings. The molecule has 5 heteroatoms. The Bertz CT molecular complexity index is 863. The molecule has 128 valence electrons. The Hall–Kier alpha value is -2.66. The number of benzene rings is 2. The second-order valence-electron chi connectivity index (χ2n) is 6.55. The first-order chi connectivity index (χ1) is 12.3. The van der Waals surface area contributed by atoms with Gasteiger partial charge >= 0.3 is 0 Å². The quantitative estimate of drug-likeness (QED) is 0.754.